The number of anilines is 2. The van der Waals surface area contributed by atoms with Crippen LogP contribution in [0.25, 0.3) is 21.8 Å². The van der Waals surface area contributed by atoms with E-state index in [-0.39, 0.29) is 17.6 Å². The first kappa shape index (κ1) is 40.0. The summed E-state index contributed by atoms with van der Waals surface area (Å²) < 4.78 is 26.1. The van der Waals surface area contributed by atoms with Gasteiger partial charge in [-0.05, 0) is 112 Å². The molecule has 13 nitrogen and oxygen atoms in total. The summed E-state index contributed by atoms with van der Waals surface area (Å²) in [6.45, 7) is 25.3. The van der Waals surface area contributed by atoms with Gasteiger partial charge in [-0.2, -0.15) is 0 Å². The van der Waals surface area contributed by atoms with E-state index in [1.54, 1.807) is 40.0 Å². The van der Waals surface area contributed by atoms with Crippen LogP contribution in [0.1, 0.15) is 94.2 Å². The Hall–Kier alpha value is -4.82. The SMILES string of the molecule is CC(=O)Nc1cn(C(=O)OC(C)(C)C)c2c(C)cc(B3OC(C)(C)C(C)(C)O3)cc12.CC(=O)Nc1cn(C(=O)OC(C)(C)C)c2c(C)cc(O)cc12. The quantitative estimate of drug-likeness (QED) is 0.184. The zero-order valence-corrected chi connectivity index (χ0v) is 32.6. The molecule has 0 spiro atoms. The van der Waals surface area contributed by atoms with Crippen molar-refractivity contribution in [2.45, 2.75) is 119 Å². The van der Waals surface area contributed by atoms with E-state index in [1.165, 1.54) is 35.2 Å². The molecule has 1 fully saturated rings. The minimum absolute atomic E-state index is 0.0681. The molecule has 1 aliphatic rings. The van der Waals surface area contributed by atoms with Crippen LogP contribution in [0.4, 0.5) is 21.0 Å². The molecule has 2 amide bonds. The summed E-state index contributed by atoms with van der Waals surface area (Å²) >= 11 is 0. The van der Waals surface area contributed by atoms with E-state index in [2.05, 4.69) is 10.6 Å². The van der Waals surface area contributed by atoms with Gasteiger partial charge in [-0.3, -0.25) is 18.7 Å². The van der Waals surface area contributed by atoms with Crippen LogP contribution >= 0.6 is 0 Å². The fraction of sp³-hybridized carbons (Fsp3) is 0.474. The van der Waals surface area contributed by atoms with E-state index < -0.39 is 41.7 Å². The Labute approximate surface area is 305 Å². The van der Waals surface area contributed by atoms with Gasteiger partial charge in [0.2, 0.25) is 11.8 Å². The number of phenols is 1. The summed E-state index contributed by atoms with van der Waals surface area (Å²) in [5.74, 6) is -0.417. The highest BCUT2D eigenvalue weighted by Gasteiger charge is 2.52. The fourth-order valence-electron chi connectivity index (χ4n) is 5.75. The molecule has 280 valence electrons. The van der Waals surface area contributed by atoms with Crippen molar-refractivity contribution in [1.82, 2.24) is 9.13 Å². The lowest BCUT2D eigenvalue weighted by Gasteiger charge is -2.32. The molecule has 0 aliphatic carbocycles. The smallest absolute Gasteiger partial charge is 0.494 e. The minimum atomic E-state index is -0.640. The molecule has 0 bridgehead atoms. The van der Waals surface area contributed by atoms with Gasteiger partial charge in [-0.15, -0.1) is 0 Å². The average molecular weight is 719 g/mol. The molecule has 0 radical (unpaired) electrons. The number of nitrogens with one attached hydrogen (secondary N) is 2. The number of rotatable bonds is 3. The lowest BCUT2D eigenvalue weighted by molar-refractivity contribution is -0.115. The largest absolute Gasteiger partial charge is 0.508 e. The molecule has 2 aromatic carbocycles. The van der Waals surface area contributed by atoms with Crippen molar-refractivity contribution in [3.63, 3.8) is 0 Å². The van der Waals surface area contributed by atoms with Crippen LogP contribution < -0.4 is 16.1 Å². The van der Waals surface area contributed by atoms with Crippen LogP contribution in [0.15, 0.2) is 36.7 Å². The Morgan fingerprint density at radius 1 is 0.692 bits per heavy atom. The molecule has 14 heteroatoms. The predicted molar refractivity (Wildman–Crippen MR) is 203 cm³/mol. The summed E-state index contributed by atoms with van der Waals surface area (Å²) in [4.78, 5) is 48.3. The highest BCUT2D eigenvalue weighted by molar-refractivity contribution is 6.62. The molecular formula is C38H51BN4O9. The average Bonchev–Trinajstić information content (AvgIpc) is 3.56. The first-order valence-corrected chi connectivity index (χ1v) is 17.1. The topological polar surface area (TPSA) is 159 Å². The molecule has 2 aromatic heterocycles. The number of benzene rings is 2. The normalized spacial score (nSPS) is 15.2. The molecule has 0 atom stereocenters. The lowest BCUT2D eigenvalue weighted by atomic mass is 9.77. The van der Waals surface area contributed by atoms with E-state index in [9.17, 15) is 24.3 Å². The van der Waals surface area contributed by atoms with Gasteiger partial charge in [-0.25, -0.2) is 9.59 Å². The Kier molecular flexibility index (Phi) is 10.7. The standard InChI is InChI=1S/C22H31BN2O5.C16H20N2O4/c1-13-10-15(23-29-21(6,7)22(8,9)30-23)11-16-17(24-14(2)26)12-25(18(13)16)19(27)28-20(3,4)5;1-9-6-11(20)7-12-13(17-10(2)19)8-18(14(9)12)15(21)22-16(3,4)5/h10-12H,1-9H3,(H,24,26);6-8,20H,1-5H3,(H,17,19). The molecule has 1 saturated heterocycles. The number of aryl methyl sites for hydroxylation is 2. The van der Waals surface area contributed by atoms with Gasteiger partial charge in [-0.1, -0.05) is 12.1 Å². The number of phenolic OH excluding ortho intramolecular Hbond substituents is 1. The number of hydrogen-bond acceptors (Lipinski definition) is 9. The summed E-state index contributed by atoms with van der Waals surface area (Å²) in [5, 5.41) is 16.5. The van der Waals surface area contributed by atoms with Crippen molar-refractivity contribution < 1.29 is 43.1 Å². The van der Waals surface area contributed by atoms with E-state index in [1.807, 2.05) is 67.5 Å². The Bertz CT molecular complexity index is 2050. The molecule has 52 heavy (non-hydrogen) atoms. The maximum Gasteiger partial charge on any atom is 0.494 e. The maximum absolute atomic E-state index is 12.8. The van der Waals surface area contributed by atoms with E-state index >= 15 is 0 Å². The number of amides is 2. The van der Waals surface area contributed by atoms with E-state index in [4.69, 9.17) is 18.8 Å². The van der Waals surface area contributed by atoms with Crippen molar-refractivity contribution in [1.29, 1.82) is 0 Å². The van der Waals surface area contributed by atoms with Crippen molar-refractivity contribution in [3.8, 4) is 5.75 Å². The van der Waals surface area contributed by atoms with Crippen LogP contribution in [-0.4, -0.2) is 67.8 Å². The van der Waals surface area contributed by atoms with Gasteiger partial charge in [0.1, 0.15) is 17.0 Å². The van der Waals surface area contributed by atoms with Crippen LogP contribution in [-0.2, 0) is 28.4 Å². The molecule has 0 saturated carbocycles. The molecular weight excluding hydrogens is 667 g/mol. The number of carbonyl (C=O) groups is 4. The van der Waals surface area contributed by atoms with Crippen molar-refractivity contribution in [3.05, 3.63) is 47.8 Å². The predicted octanol–water partition coefficient (Wildman–Crippen LogP) is 7.39. The summed E-state index contributed by atoms with van der Waals surface area (Å²) in [6, 6.07) is 6.91. The third kappa shape index (κ3) is 8.79. The van der Waals surface area contributed by atoms with Crippen LogP contribution in [0.2, 0.25) is 0 Å². The zero-order chi connectivity index (χ0) is 39.3. The van der Waals surface area contributed by atoms with E-state index in [0.29, 0.717) is 33.4 Å². The molecule has 3 heterocycles. The van der Waals surface area contributed by atoms with Gasteiger partial charge in [0.05, 0.1) is 33.6 Å². The molecule has 0 unspecified atom stereocenters. The summed E-state index contributed by atoms with van der Waals surface area (Å²) in [7, 11) is -0.548. The zero-order valence-electron chi connectivity index (χ0n) is 32.6. The van der Waals surface area contributed by atoms with Gasteiger partial charge >= 0.3 is 19.3 Å². The van der Waals surface area contributed by atoms with Crippen LogP contribution in [0.5, 0.6) is 5.75 Å². The third-order valence-electron chi connectivity index (χ3n) is 8.51. The Morgan fingerprint density at radius 3 is 1.46 bits per heavy atom. The number of fused-ring (bicyclic) bond motifs is 2. The van der Waals surface area contributed by atoms with Gasteiger partial charge in [0.25, 0.3) is 0 Å². The number of ether oxygens (including phenoxy) is 2. The maximum atomic E-state index is 12.8. The number of aromatic hydroxyl groups is 1. The second kappa shape index (κ2) is 14.0. The number of nitrogens with zero attached hydrogens (tertiary/aromatic N) is 2. The molecule has 5 rings (SSSR count). The van der Waals surface area contributed by atoms with Gasteiger partial charge in [0, 0.05) is 37.0 Å². The molecule has 4 aromatic rings. The second-order valence-corrected chi connectivity index (χ2v) is 16.1. The summed E-state index contributed by atoms with van der Waals surface area (Å²) in [5.41, 5.74) is 2.42. The van der Waals surface area contributed by atoms with E-state index in [0.717, 1.165) is 16.4 Å². The number of aromatic nitrogens is 2. The van der Waals surface area contributed by atoms with Crippen LogP contribution in [0, 0.1) is 13.8 Å². The van der Waals surface area contributed by atoms with Crippen molar-refractivity contribution in [2.75, 3.05) is 10.6 Å². The number of hydrogen-bond donors (Lipinski definition) is 3. The monoisotopic (exact) mass is 718 g/mol. The fourth-order valence-corrected chi connectivity index (χ4v) is 5.75. The Morgan fingerprint density at radius 2 is 1.08 bits per heavy atom. The lowest BCUT2D eigenvalue weighted by Crippen LogP contribution is -2.41. The van der Waals surface area contributed by atoms with Crippen molar-refractivity contribution in [2.24, 2.45) is 0 Å². The van der Waals surface area contributed by atoms with Gasteiger partial charge in [0.15, 0.2) is 0 Å². The number of carbonyl (C=O) groups excluding carboxylic acids is 4. The van der Waals surface area contributed by atoms with Crippen LogP contribution in [0.3, 0.4) is 0 Å². The minimum Gasteiger partial charge on any atom is -0.508 e. The molecule has 3 N–H and O–H groups in total. The van der Waals surface area contributed by atoms with Gasteiger partial charge < -0.3 is 34.5 Å². The highest BCUT2D eigenvalue weighted by atomic mass is 16.7. The second-order valence-electron chi connectivity index (χ2n) is 16.1. The first-order valence-electron chi connectivity index (χ1n) is 17.1. The summed E-state index contributed by atoms with van der Waals surface area (Å²) in [6.07, 6.45) is 2.06. The van der Waals surface area contributed by atoms with Crippen molar-refractivity contribution >= 4 is 69.8 Å². The first-order chi connectivity index (χ1) is 23.7. The Balaban J connectivity index is 0.000000244. The molecule has 1 aliphatic heterocycles. The highest BCUT2D eigenvalue weighted by Crippen LogP contribution is 2.38. The third-order valence-corrected chi connectivity index (χ3v) is 8.51.